The molecule has 0 rings (SSSR count). The average molecular weight is 304 g/mol. The molecule has 0 aromatic heterocycles. The number of carbonyl (C=O) groups is 2. The molecule has 2 nitrogen and oxygen atoms in total. The first-order valence-electron chi connectivity index (χ1n) is 4.53. The van der Waals surface area contributed by atoms with E-state index in [1.165, 1.54) is 0 Å². The van der Waals surface area contributed by atoms with E-state index in [1.807, 2.05) is 0 Å². The molecule has 0 atom stereocenters. The third kappa shape index (κ3) is 10.5. The summed E-state index contributed by atoms with van der Waals surface area (Å²) in [5, 5.41) is 0. The van der Waals surface area contributed by atoms with Crippen molar-refractivity contribution < 1.29 is 9.59 Å². The fourth-order valence-electron chi connectivity index (χ4n) is 0.986. The first-order chi connectivity index (χ1) is 7.41. The highest BCUT2D eigenvalue weighted by Crippen LogP contribution is 2.11. The summed E-state index contributed by atoms with van der Waals surface area (Å²) in [6, 6.07) is 0. The van der Waals surface area contributed by atoms with Crippen LogP contribution in [-0.4, -0.2) is 11.6 Å². The second-order valence-corrected chi connectivity index (χ2v) is 5.02. The van der Waals surface area contributed by atoms with Gasteiger partial charge in [-0.25, -0.2) is 0 Å². The zero-order chi connectivity index (χ0) is 12.6. The highest BCUT2D eigenvalue weighted by molar-refractivity contribution is 6.57. The lowest BCUT2D eigenvalue weighted by molar-refractivity contribution is -0.116. The molecule has 0 saturated heterocycles. The van der Waals surface area contributed by atoms with Crippen LogP contribution in [0.5, 0.6) is 0 Å². The van der Waals surface area contributed by atoms with E-state index in [2.05, 4.69) is 0 Å². The first-order valence-corrected chi connectivity index (χ1v) is 6.04. The van der Waals surface area contributed by atoms with Crippen molar-refractivity contribution in [3.8, 4) is 0 Å². The van der Waals surface area contributed by atoms with Crippen molar-refractivity contribution >= 4 is 58.0 Å². The second-order valence-electron chi connectivity index (χ2n) is 3.01. The molecule has 16 heavy (non-hydrogen) atoms. The van der Waals surface area contributed by atoms with E-state index in [9.17, 15) is 9.59 Å². The van der Waals surface area contributed by atoms with Crippen LogP contribution in [0.4, 0.5) is 0 Å². The van der Waals surface area contributed by atoms with Crippen molar-refractivity contribution in [3.05, 3.63) is 21.1 Å². The molecule has 0 bridgehead atoms. The van der Waals surface area contributed by atoms with E-state index >= 15 is 0 Å². The number of unbranched alkanes of at least 4 members (excludes halogenated alkanes) is 1. The van der Waals surface area contributed by atoms with Crippen molar-refractivity contribution in [1.29, 1.82) is 0 Å². The Bertz CT molecular complexity index is 281. The van der Waals surface area contributed by atoms with Crippen molar-refractivity contribution in [2.24, 2.45) is 0 Å². The molecule has 90 valence electrons. The van der Waals surface area contributed by atoms with Gasteiger partial charge in [0.05, 0.1) is 0 Å². The third-order valence-corrected chi connectivity index (χ3v) is 2.07. The molecular formula is C10H10Cl4O2. The fourth-order valence-corrected chi connectivity index (χ4v) is 1.47. The van der Waals surface area contributed by atoms with Gasteiger partial charge in [-0.05, 0) is 12.8 Å². The Morgan fingerprint density at radius 1 is 0.750 bits per heavy atom. The predicted molar refractivity (Wildman–Crippen MR) is 68.1 cm³/mol. The average Bonchev–Trinajstić information content (AvgIpc) is 2.10. The minimum atomic E-state index is -0.154. The maximum Gasteiger partial charge on any atom is 0.158 e. The molecule has 0 aromatic carbocycles. The molecule has 0 aliphatic carbocycles. The van der Waals surface area contributed by atoms with Gasteiger partial charge in [0.15, 0.2) is 11.6 Å². The summed E-state index contributed by atoms with van der Waals surface area (Å²) in [6.45, 7) is 0. The Morgan fingerprint density at radius 2 is 1.06 bits per heavy atom. The van der Waals surface area contributed by atoms with Gasteiger partial charge in [0.25, 0.3) is 0 Å². The fraction of sp³-hybridized carbons (Fsp3) is 0.400. The summed E-state index contributed by atoms with van der Waals surface area (Å²) >= 11 is 21.2. The minimum Gasteiger partial charge on any atom is -0.295 e. The van der Waals surface area contributed by atoms with Gasteiger partial charge >= 0.3 is 0 Å². The van der Waals surface area contributed by atoms with Crippen molar-refractivity contribution in [1.82, 2.24) is 0 Å². The molecule has 0 radical (unpaired) electrons. The molecule has 0 spiro atoms. The van der Waals surface area contributed by atoms with Gasteiger partial charge in [-0.15, -0.1) is 0 Å². The topological polar surface area (TPSA) is 34.1 Å². The van der Waals surface area contributed by atoms with Crippen LogP contribution in [0.2, 0.25) is 0 Å². The number of hydrogen-bond donors (Lipinski definition) is 0. The smallest absolute Gasteiger partial charge is 0.158 e. The monoisotopic (exact) mass is 302 g/mol. The van der Waals surface area contributed by atoms with E-state index in [4.69, 9.17) is 46.4 Å². The third-order valence-electron chi connectivity index (χ3n) is 1.64. The lowest BCUT2D eigenvalue weighted by atomic mass is 10.1. The van der Waals surface area contributed by atoms with Gasteiger partial charge in [-0.2, -0.15) is 0 Å². The number of halogens is 4. The van der Waals surface area contributed by atoms with Crippen molar-refractivity contribution in [3.63, 3.8) is 0 Å². The summed E-state index contributed by atoms with van der Waals surface area (Å²) < 4.78 is -0.115. The van der Waals surface area contributed by atoms with Crippen LogP contribution >= 0.6 is 46.4 Å². The SMILES string of the molecule is O=C(C=C(Cl)Cl)CCCCC(=O)C=C(Cl)Cl. The van der Waals surface area contributed by atoms with E-state index in [1.54, 1.807) is 0 Å². The van der Waals surface area contributed by atoms with Crippen LogP contribution in [0, 0.1) is 0 Å². The van der Waals surface area contributed by atoms with Crippen molar-refractivity contribution in [2.45, 2.75) is 25.7 Å². The van der Waals surface area contributed by atoms with Gasteiger partial charge in [-0.1, -0.05) is 46.4 Å². The molecule has 0 aliphatic rings. The predicted octanol–water partition coefficient (Wildman–Crippen LogP) is 4.32. The second kappa shape index (κ2) is 9.06. The minimum absolute atomic E-state index is 0.0575. The van der Waals surface area contributed by atoms with Gasteiger partial charge in [0.2, 0.25) is 0 Å². The highest BCUT2D eigenvalue weighted by Gasteiger charge is 2.02. The molecule has 0 heterocycles. The summed E-state index contributed by atoms with van der Waals surface area (Å²) in [5.41, 5.74) is 0. The zero-order valence-electron chi connectivity index (χ0n) is 8.31. The number of ketones is 2. The number of carbonyl (C=O) groups excluding carboxylic acids is 2. The molecule has 0 N–H and O–H groups in total. The van der Waals surface area contributed by atoms with Crippen LogP contribution in [-0.2, 0) is 9.59 Å². The van der Waals surface area contributed by atoms with Crippen LogP contribution in [0.1, 0.15) is 25.7 Å². The summed E-state index contributed by atoms with van der Waals surface area (Å²) in [4.78, 5) is 22.2. The van der Waals surface area contributed by atoms with E-state index < -0.39 is 0 Å². The quantitative estimate of drug-likeness (QED) is 0.518. The normalized spacial score (nSPS) is 9.50. The van der Waals surface area contributed by atoms with E-state index in [0.717, 1.165) is 12.2 Å². The van der Waals surface area contributed by atoms with Gasteiger partial charge in [0.1, 0.15) is 8.98 Å². The Hall–Kier alpha value is -0.0200. The largest absolute Gasteiger partial charge is 0.295 e. The molecule has 0 aliphatic heterocycles. The van der Waals surface area contributed by atoms with Crippen LogP contribution in [0.25, 0.3) is 0 Å². The van der Waals surface area contributed by atoms with Gasteiger partial charge < -0.3 is 0 Å². The number of hydrogen-bond acceptors (Lipinski definition) is 2. The molecule has 0 fully saturated rings. The maximum absolute atomic E-state index is 11.1. The van der Waals surface area contributed by atoms with Crippen molar-refractivity contribution in [2.75, 3.05) is 0 Å². The Kier molecular flexibility index (Phi) is 9.04. The maximum atomic E-state index is 11.1. The number of allylic oxidation sites excluding steroid dienone is 2. The summed E-state index contributed by atoms with van der Waals surface area (Å²) in [5.74, 6) is -0.309. The molecule has 0 unspecified atom stereocenters. The molecule has 0 aromatic rings. The zero-order valence-corrected chi connectivity index (χ0v) is 11.3. The van der Waals surface area contributed by atoms with E-state index in [0.29, 0.717) is 25.7 Å². The van der Waals surface area contributed by atoms with E-state index in [-0.39, 0.29) is 20.5 Å². The first kappa shape index (κ1) is 16.0. The Labute approximate surface area is 114 Å². The lowest BCUT2D eigenvalue weighted by Gasteiger charge is -1.96. The molecule has 0 amide bonds. The summed E-state index contributed by atoms with van der Waals surface area (Å²) in [6.07, 6.45) is 4.12. The highest BCUT2D eigenvalue weighted by atomic mass is 35.5. The van der Waals surface area contributed by atoms with Gasteiger partial charge in [0, 0.05) is 25.0 Å². The lowest BCUT2D eigenvalue weighted by Crippen LogP contribution is -1.96. The standard InChI is InChI=1S/C10H10Cl4O2/c11-9(12)5-7(15)3-1-2-4-8(16)6-10(13)14/h5-6H,1-4H2. The van der Waals surface area contributed by atoms with Gasteiger partial charge in [-0.3, -0.25) is 9.59 Å². The Morgan fingerprint density at radius 3 is 1.31 bits per heavy atom. The molecule has 6 heteroatoms. The number of rotatable bonds is 7. The van der Waals surface area contributed by atoms with Crippen LogP contribution in [0.3, 0.4) is 0 Å². The molecule has 0 saturated carbocycles. The molecular weight excluding hydrogens is 294 g/mol. The Balaban J connectivity index is 3.69. The van der Waals surface area contributed by atoms with Crippen LogP contribution < -0.4 is 0 Å². The van der Waals surface area contributed by atoms with Crippen LogP contribution in [0.15, 0.2) is 21.1 Å². The summed E-state index contributed by atoms with van der Waals surface area (Å²) in [7, 11) is 0.